The lowest BCUT2D eigenvalue weighted by Crippen LogP contribution is -1.94. The quantitative estimate of drug-likeness (QED) is 0.683. The van der Waals surface area contributed by atoms with E-state index in [9.17, 15) is 0 Å². The van der Waals surface area contributed by atoms with E-state index >= 15 is 0 Å². The third-order valence-corrected chi connectivity index (χ3v) is 2.62. The predicted octanol–water partition coefficient (Wildman–Crippen LogP) is 3.59. The predicted molar refractivity (Wildman–Crippen MR) is 80.2 cm³/mol. The smallest absolute Gasteiger partial charge is 0.224 e. The normalized spacial score (nSPS) is 10.6. The van der Waals surface area contributed by atoms with Crippen LogP contribution in [0.2, 0.25) is 5.28 Å². The van der Waals surface area contributed by atoms with Crippen molar-refractivity contribution in [1.82, 2.24) is 9.97 Å². The zero-order valence-electron chi connectivity index (χ0n) is 10.5. The summed E-state index contributed by atoms with van der Waals surface area (Å²) in [6.07, 6.45) is 3.33. The molecule has 0 amide bonds. The van der Waals surface area contributed by atoms with Crippen LogP contribution >= 0.6 is 11.6 Å². The van der Waals surface area contributed by atoms with Crippen molar-refractivity contribution in [2.45, 2.75) is 0 Å². The molecule has 0 atom stereocenters. The van der Waals surface area contributed by atoms with Crippen molar-refractivity contribution in [3.8, 4) is 0 Å². The van der Waals surface area contributed by atoms with E-state index in [1.807, 2.05) is 24.3 Å². The topological polar surface area (TPSA) is 50.2 Å². The van der Waals surface area contributed by atoms with Crippen LogP contribution in [-0.2, 0) is 0 Å². The van der Waals surface area contributed by atoms with Crippen molar-refractivity contribution < 1.29 is 0 Å². The zero-order valence-corrected chi connectivity index (χ0v) is 11.2. The summed E-state index contributed by atoms with van der Waals surface area (Å²) in [6.45, 7) is 3.93. The molecule has 0 aliphatic rings. The number of hydrogen-bond donors (Lipinski definition) is 1. The van der Waals surface area contributed by atoms with Gasteiger partial charge in [-0.3, -0.25) is 4.99 Å². The molecule has 0 saturated carbocycles. The minimum atomic E-state index is 0.217. The van der Waals surface area contributed by atoms with Crippen LogP contribution < -0.4 is 5.32 Å². The van der Waals surface area contributed by atoms with Gasteiger partial charge in [0, 0.05) is 25.1 Å². The maximum Gasteiger partial charge on any atom is 0.224 e. The Bertz CT molecular complexity index is 605. The van der Waals surface area contributed by atoms with Crippen LogP contribution in [0.3, 0.4) is 0 Å². The number of halogens is 1. The molecule has 0 spiro atoms. The van der Waals surface area contributed by atoms with Gasteiger partial charge in [0.2, 0.25) is 5.28 Å². The number of aliphatic imine (C=N–C) groups is 1. The number of nitrogens with zero attached hydrogens (tertiary/aromatic N) is 3. The summed E-state index contributed by atoms with van der Waals surface area (Å²) in [5, 5.41) is 3.36. The molecule has 1 aromatic heterocycles. The average Bonchev–Trinajstić information content (AvgIpc) is 2.40. The first-order valence-electron chi connectivity index (χ1n) is 5.66. The van der Waals surface area contributed by atoms with E-state index < -0.39 is 0 Å². The van der Waals surface area contributed by atoms with Crippen LogP contribution in [0.1, 0.15) is 5.56 Å². The van der Waals surface area contributed by atoms with E-state index in [1.165, 1.54) is 0 Å². The van der Waals surface area contributed by atoms with Crippen LogP contribution in [-0.4, -0.2) is 23.2 Å². The molecule has 5 heteroatoms. The summed E-state index contributed by atoms with van der Waals surface area (Å²) >= 11 is 5.72. The van der Waals surface area contributed by atoms with Crippen molar-refractivity contribution in [2.24, 2.45) is 4.99 Å². The number of allylic oxidation sites excluding steroid dienone is 1. The van der Waals surface area contributed by atoms with Gasteiger partial charge in [-0.2, -0.15) is 0 Å². The molecule has 96 valence electrons. The number of hydrogen-bond acceptors (Lipinski definition) is 4. The van der Waals surface area contributed by atoms with Gasteiger partial charge in [-0.25, -0.2) is 9.97 Å². The van der Waals surface area contributed by atoms with Crippen LogP contribution in [0.25, 0.3) is 5.57 Å². The molecule has 19 heavy (non-hydrogen) atoms. The second-order valence-corrected chi connectivity index (χ2v) is 4.16. The Hall–Kier alpha value is -2.20. The minimum absolute atomic E-state index is 0.217. The first-order chi connectivity index (χ1) is 9.19. The number of aromatic nitrogens is 2. The third-order valence-electron chi connectivity index (χ3n) is 2.44. The molecule has 4 nitrogen and oxygen atoms in total. The largest absolute Gasteiger partial charge is 0.340 e. The number of benzene rings is 1. The van der Waals surface area contributed by atoms with Gasteiger partial charge in [0.25, 0.3) is 0 Å². The van der Waals surface area contributed by atoms with Gasteiger partial charge in [0.1, 0.15) is 5.82 Å². The van der Waals surface area contributed by atoms with Gasteiger partial charge in [-0.05, 0) is 40.9 Å². The summed E-state index contributed by atoms with van der Waals surface area (Å²) in [7, 11) is 1.72. The summed E-state index contributed by atoms with van der Waals surface area (Å²) in [5.74, 6) is 0.654. The van der Waals surface area contributed by atoms with Gasteiger partial charge in [0.15, 0.2) is 0 Å². The van der Waals surface area contributed by atoms with E-state index in [4.69, 9.17) is 11.6 Å². The molecule has 1 aromatic carbocycles. The average molecular weight is 273 g/mol. The fourth-order valence-electron chi connectivity index (χ4n) is 1.55. The first-order valence-corrected chi connectivity index (χ1v) is 6.04. The van der Waals surface area contributed by atoms with E-state index in [0.29, 0.717) is 5.82 Å². The molecule has 0 aliphatic carbocycles. The molecule has 1 heterocycles. The molecular weight excluding hydrogens is 260 g/mol. The minimum Gasteiger partial charge on any atom is -0.340 e. The monoisotopic (exact) mass is 272 g/mol. The van der Waals surface area contributed by atoms with E-state index in [1.54, 1.807) is 25.5 Å². The molecule has 0 unspecified atom stereocenters. The fourth-order valence-corrected chi connectivity index (χ4v) is 1.70. The molecule has 1 N–H and O–H groups in total. The highest BCUT2D eigenvalue weighted by Gasteiger charge is 1.99. The molecule has 0 saturated heterocycles. The van der Waals surface area contributed by atoms with Crippen molar-refractivity contribution in [3.05, 3.63) is 54.0 Å². The Kier molecular flexibility index (Phi) is 4.26. The summed E-state index contributed by atoms with van der Waals surface area (Å²) in [4.78, 5) is 11.8. The Morgan fingerprint density at radius 1 is 1.32 bits per heavy atom. The van der Waals surface area contributed by atoms with Crippen molar-refractivity contribution in [1.29, 1.82) is 0 Å². The van der Waals surface area contributed by atoms with E-state index in [0.717, 1.165) is 16.8 Å². The summed E-state index contributed by atoms with van der Waals surface area (Å²) in [5.41, 5.74) is 2.82. The number of nitrogens with one attached hydrogen (secondary N) is 1. The molecule has 0 radical (unpaired) electrons. The second kappa shape index (κ2) is 6.11. The van der Waals surface area contributed by atoms with Crippen molar-refractivity contribution >= 4 is 34.9 Å². The Labute approximate surface area is 116 Å². The second-order valence-electron chi connectivity index (χ2n) is 3.83. The van der Waals surface area contributed by atoms with Crippen LogP contribution in [0.5, 0.6) is 0 Å². The lowest BCUT2D eigenvalue weighted by Gasteiger charge is -2.06. The molecule has 0 fully saturated rings. The molecule has 2 aromatic rings. The fraction of sp³-hybridized carbons (Fsp3) is 0.0714. The van der Waals surface area contributed by atoms with Crippen LogP contribution in [0, 0.1) is 0 Å². The van der Waals surface area contributed by atoms with Crippen LogP contribution in [0.4, 0.5) is 11.5 Å². The van der Waals surface area contributed by atoms with Crippen molar-refractivity contribution in [2.75, 3.05) is 12.4 Å². The highest BCUT2D eigenvalue weighted by molar-refractivity contribution is 6.28. The van der Waals surface area contributed by atoms with Gasteiger partial charge in [-0.1, -0.05) is 18.7 Å². The maximum absolute atomic E-state index is 5.72. The Morgan fingerprint density at radius 2 is 2.05 bits per heavy atom. The molecule has 0 bridgehead atoms. The van der Waals surface area contributed by atoms with Crippen molar-refractivity contribution in [3.63, 3.8) is 0 Å². The highest BCUT2D eigenvalue weighted by Crippen LogP contribution is 2.18. The first kappa shape index (κ1) is 13.2. The Balaban J connectivity index is 2.13. The third kappa shape index (κ3) is 3.63. The van der Waals surface area contributed by atoms with Gasteiger partial charge in [0.05, 0.1) is 0 Å². The Morgan fingerprint density at radius 3 is 2.68 bits per heavy atom. The van der Waals surface area contributed by atoms with E-state index in [2.05, 4.69) is 26.9 Å². The van der Waals surface area contributed by atoms with Gasteiger partial charge >= 0.3 is 0 Å². The number of anilines is 2. The highest BCUT2D eigenvalue weighted by atomic mass is 35.5. The van der Waals surface area contributed by atoms with E-state index in [-0.39, 0.29) is 5.28 Å². The lowest BCUT2D eigenvalue weighted by molar-refractivity contribution is 1.17. The molecule has 2 rings (SSSR count). The molecular formula is C14H13ClN4. The summed E-state index contributed by atoms with van der Waals surface area (Å²) in [6, 6.07) is 9.58. The van der Waals surface area contributed by atoms with Gasteiger partial charge in [-0.15, -0.1) is 0 Å². The SMILES string of the molecule is C=C(C=NC)c1ccc(Nc2ccnc(Cl)n2)cc1. The standard InChI is InChI=1S/C14H13ClN4/c1-10(9-16-2)11-3-5-12(6-4-11)18-13-7-8-17-14(15)19-13/h3-9H,1H2,2H3,(H,17,18,19). The number of rotatable bonds is 4. The molecule has 0 aliphatic heterocycles. The zero-order chi connectivity index (χ0) is 13.7. The maximum atomic E-state index is 5.72. The van der Waals surface area contributed by atoms with Gasteiger partial charge < -0.3 is 5.32 Å². The summed E-state index contributed by atoms with van der Waals surface area (Å²) < 4.78 is 0. The lowest BCUT2D eigenvalue weighted by atomic mass is 10.1. The van der Waals surface area contributed by atoms with Crippen LogP contribution in [0.15, 0.2) is 48.1 Å².